The molecule has 0 aromatic heterocycles. The van der Waals surface area contributed by atoms with E-state index >= 15 is 0 Å². The standard InChI is InChI=1S/C25H25NO2/c1-25(2,3)20-15-12-19(13-16-20)14-17-24(27)26-21-8-7-11-23(18-21)28-22-9-5-4-6-10-22/h4-18H,1-3H3,(H,26,27). The molecule has 3 aromatic rings. The SMILES string of the molecule is CC(C)(C)c1ccc(C=CC(=O)Nc2cccc(Oc3ccccc3)c2)cc1. The Morgan fingerprint density at radius 1 is 0.857 bits per heavy atom. The van der Waals surface area contributed by atoms with Gasteiger partial charge in [0.25, 0.3) is 0 Å². The van der Waals surface area contributed by atoms with Crippen molar-refractivity contribution in [3.05, 3.63) is 96.1 Å². The summed E-state index contributed by atoms with van der Waals surface area (Å²) in [7, 11) is 0. The van der Waals surface area contributed by atoms with E-state index in [0.717, 1.165) is 11.3 Å². The van der Waals surface area contributed by atoms with Crippen LogP contribution in [0.1, 0.15) is 31.9 Å². The molecule has 0 saturated heterocycles. The molecule has 0 aliphatic rings. The predicted octanol–water partition coefficient (Wildman–Crippen LogP) is 6.43. The minimum atomic E-state index is -0.184. The third kappa shape index (κ3) is 5.58. The van der Waals surface area contributed by atoms with E-state index in [1.807, 2.05) is 66.7 Å². The van der Waals surface area contributed by atoms with Gasteiger partial charge in [-0.25, -0.2) is 0 Å². The Labute approximate surface area is 166 Å². The second kappa shape index (κ2) is 8.57. The minimum Gasteiger partial charge on any atom is -0.457 e. The van der Waals surface area contributed by atoms with Crippen LogP contribution in [0, 0.1) is 0 Å². The fraction of sp³-hybridized carbons (Fsp3) is 0.160. The molecule has 3 heteroatoms. The predicted molar refractivity (Wildman–Crippen MR) is 116 cm³/mol. The Bertz CT molecular complexity index is 952. The number of anilines is 1. The van der Waals surface area contributed by atoms with Crippen molar-refractivity contribution >= 4 is 17.7 Å². The van der Waals surface area contributed by atoms with Crippen molar-refractivity contribution < 1.29 is 9.53 Å². The smallest absolute Gasteiger partial charge is 0.248 e. The van der Waals surface area contributed by atoms with Crippen molar-refractivity contribution in [2.75, 3.05) is 5.32 Å². The number of hydrogen-bond acceptors (Lipinski definition) is 2. The van der Waals surface area contributed by atoms with Crippen LogP contribution in [0.2, 0.25) is 0 Å². The number of ether oxygens (including phenoxy) is 1. The fourth-order valence-electron chi connectivity index (χ4n) is 2.71. The van der Waals surface area contributed by atoms with Gasteiger partial charge < -0.3 is 10.1 Å². The summed E-state index contributed by atoms with van der Waals surface area (Å²) >= 11 is 0. The highest BCUT2D eigenvalue weighted by atomic mass is 16.5. The van der Waals surface area contributed by atoms with Crippen LogP contribution in [0.25, 0.3) is 6.08 Å². The number of nitrogens with one attached hydrogen (secondary N) is 1. The van der Waals surface area contributed by atoms with E-state index in [1.54, 1.807) is 6.07 Å². The van der Waals surface area contributed by atoms with E-state index in [-0.39, 0.29) is 11.3 Å². The highest BCUT2D eigenvalue weighted by molar-refractivity contribution is 6.02. The summed E-state index contributed by atoms with van der Waals surface area (Å²) in [5.74, 6) is 1.24. The van der Waals surface area contributed by atoms with Crippen LogP contribution in [0.5, 0.6) is 11.5 Å². The van der Waals surface area contributed by atoms with Crippen LogP contribution in [0.15, 0.2) is 84.9 Å². The van der Waals surface area contributed by atoms with Gasteiger partial charge in [0.2, 0.25) is 5.91 Å². The van der Waals surface area contributed by atoms with Crippen LogP contribution < -0.4 is 10.1 Å². The molecule has 0 atom stereocenters. The molecule has 0 saturated carbocycles. The van der Waals surface area contributed by atoms with E-state index in [9.17, 15) is 4.79 Å². The molecule has 1 amide bonds. The molecule has 28 heavy (non-hydrogen) atoms. The lowest BCUT2D eigenvalue weighted by Gasteiger charge is -2.18. The maximum Gasteiger partial charge on any atom is 0.248 e. The number of para-hydroxylation sites is 1. The molecular formula is C25H25NO2. The van der Waals surface area contributed by atoms with Gasteiger partial charge in [-0.2, -0.15) is 0 Å². The van der Waals surface area contributed by atoms with E-state index in [2.05, 4.69) is 38.2 Å². The van der Waals surface area contributed by atoms with Crippen LogP contribution in [-0.4, -0.2) is 5.91 Å². The summed E-state index contributed by atoms with van der Waals surface area (Å²) in [6.07, 6.45) is 3.35. The molecule has 3 rings (SSSR count). The molecule has 0 radical (unpaired) electrons. The first-order valence-corrected chi connectivity index (χ1v) is 9.33. The first-order valence-electron chi connectivity index (χ1n) is 9.33. The van der Waals surface area contributed by atoms with Gasteiger partial charge >= 0.3 is 0 Å². The van der Waals surface area contributed by atoms with Crippen LogP contribution in [0.3, 0.4) is 0 Å². The topological polar surface area (TPSA) is 38.3 Å². The molecule has 0 bridgehead atoms. The van der Waals surface area contributed by atoms with Crippen molar-refractivity contribution in [3.8, 4) is 11.5 Å². The maximum atomic E-state index is 12.2. The molecule has 0 heterocycles. The van der Waals surface area contributed by atoms with Crippen molar-refractivity contribution in [2.24, 2.45) is 0 Å². The molecule has 0 spiro atoms. The van der Waals surface area contributed by atoms with Gasteiger partial charge in [0.05, 0.1) is 0 Å². The zero-order valence-electron chi connectivity index (χ0n) is 16.5. The van der Waals surface area contributed by atoms with Crippen molar-refractivity contribution in [1.82, 2.24) is 0 Å². The van der Waals surface area contributed by atoms with Crippen LogP contribution >= 0.6 is 0 Å². The summed E-state index contributed by atoms with van der Waals surface area (Å²) in [5.41, 5.74) is 3.06. The number of rotatable bonds is 5. The van der Waals surface area contributed by atoms with Crippen LogP contribution in [0.4, 0.5) is 5.69 Å². The van der Waals surface area contributed by atoms with Crippen molar-refractivity contribution in [3.63, 3.8) is 0 Å². The second-order valence-corrected chi connectivity index (χ2v) is 7.64. The Morgan fingerprint density at radius 2 is 1.54 bits per heavy atom. The number of amides is 1. The van der Waals surface area contributed by atoms with Gasteiger partial charge in [-0.3, -0.25) is 4.79 Å². The Hall–Kier alpha value is -3.33. The summed E-state index contributed by atoms with van der Waals surface area (Å²) < 4.78 is 5.80. The number of carbonyl (C=O) groups excluding carboxylic acids is 1. The van der Waals surface area contributed by atoms with Crippen molar-refractivity contribution in [1.29, 1.82) is 0 Å². The minimum absolute atomic E-state index is 0.118. The van der Waals surface area contributed by atoms with Gasteiger partial charge in [0, 0.05) is 17.8 Å². The highest BCUT2D eigenvalue weighted by Gasteiger charge is 2.12. The maximum absolute atomic E-state index is 12.2. The fourth-order valence-corrected chi connectivity index (χ4v) is 2.71. The molecule has 3 nitrogen and oxygen atoms in total. The molecule has 0 fully saturated rings. The average molecular weight is 371 g/mol. The van der Waals surface area contributed by atoms with Crippen molar-refractivity contribution in [2.45, 2.75) is 26.2 Å². The van der Waals surface area contributed by atoms with Crippen LogP contribution in [-0.2, 0) is 10.2 Å². The highest BCUT2D eigenvalue weighted by Crippen LogP contribution is 2.24. The first kappa shape index (κ1) is 19.4. The molecule has 0 unspecified atom stereocenters. The zero-order chi connectivity index (χ0) is 20.0. The lowest BCUT2D eigenvalue weighted by atomic mass is 9.87. The summed E-state index contributed by atoms with van der Waals surface area (Å²) in [6, 6.07) is 25.1. The van der Waals surface area contributed by atoms with Gasteiger partial charge in [0.1, 0.15) is 11.5 Å². The Kier molecular flexibility index (Phi) is 5.95. The van der Waals surface area contributed by atoms with E-state index in [0.29, 0.717) is 11.4 Å². The molecule has 142 valence electrons. The quantitative estimate of drug-likeness (QED) is 0.525. The van der Waals surface area contributed by atoms with Gasteiger partial charge in [0.15, 0.2) is 0 Å². The summed E-state index contributed by atoms with van der Waals surface area (Å²) in [6.45, 7) is 6.54. The molecule has 0 aliphatic carbocycles. The first-order chi connectivity index (χ1) is 13.4. The normalized spacial score (nSPS) is 11.4. The molecule has 0 aliphatic heterocycles. The average Bonchev–Trinajstić information content (AvgIpc) is 2.67. The monoisotopic (exact) mass is 371 g/mol. The zero-order valence-corrected chi connectivity index (χ0v) is 16.5. The Morgan fingerprint density at radius 3 is 2.21 bits per heavy atom. The third-order valence-electron chi connectivity index (χ3n) is 4.28. The Balaban J connectivity index is 1.61. The van der Waals surface area contributed by atoms with Gasteiger partial charge in [-0.05, 0) is 46.9 Å². The third-order valence-corrected chi connectivity index (χ3v) is 4.28. The lowest BCUT2D eigenvalue weighted by molar-refractivity contribution is -0.111. The van der Waals surface area contributed by atoms with E-state index in [4.69, 9.17) is 4.74 Å². The second-order valence-electron chi connectivity index (χ2n) is 7.64. The molecule has 3 aromatic carbocycles. The van der Waals surface area contributed by atoms with E-state index in [1.165, 1.54) is 11.6 Å². The number of benzene rings is 3. The summed E-state index contributed by atoms with van der Waals surface area (Å²) in [5, 5.41) is 2.87. The largest absolute Gasteiger partial charge is 0.457 e. The molecule has 1 N–H and O–H groups in total. The van der Waals surface area contributed by atoms with E-state index < -0.39 is 0 Å². The van der Waals surface area contributed by atoms with Gasteiger partial charge in [-0.1, -0.05) is 69.3 Å². The lowest BCUT2D eigenvalue weighted by Crippen LogP contribution is -2.10. The van der Waals surface area contributed by atoms with Gasteiger partial charge in [-0.15, -0.1) is 0 Å². The number of hydrogen-bond donors (Lipinski definition) is 1. The number of carbonyl (C=O) groups is 1. The summed E-state index contributed by atoms with van der Waals surface area (Å²) in [4.78, 5) is 12.2. The molecular weight excluding hydrogens is 346 g/mol.